The molecule has 1 N–H and O–H groups in total. The van der Waals surface area contributed by atoms with Crippen LogP contribution in [0.25, 0.3) is 0 Å². The number of benzene rings is 1. The van der Waals surface area contributed by atoms with E-state index in [1.54, 1.807) is 18.2 Å². The smallest absolute Gasteiger partial charge is 0.318 e. The molecule has 6 nitrogen and oxygen atoms in total. The fraction of sp³-hybridized carbons (Fsp3) is 0.200. The number of hydrogen-bond acceptors (Lipinski definition) is 4. The molecule has 1 heterocycles. The Labute approximate surface area is 133 Å². The van der Waals surface area contributed by atoms with Gasteiger partial charge in [-0.25, -0.2) is 12.8 Å². The third-order valence-electron chi connectivity index (χ3n) is 3.14. The fourth-order valence-corrected chi connectivity index (χ4v) is 3.75. The molecule has 0 atom stereocenters. The Bertz CT molecular complexity index is 789. The first kappa shape index (κ1) is 17.0. The minimum Gasteiger partial charge on any atom is -0.480 e. The lowest BCUT2D eigenvalue weighted by Gasteiger charge is -2.21. The van der Waals surface area contributed by atoms with E-state index < -0.39 is 33.3 Å². The summed E-state index contributed by atoms with van der Waals surface area (Å²) in [6.07, 6.45) is 1.47. The molecule has 0 aliphatic heterocycles. The van der Waals surface area contributed by atoms with Crippen LogP contribution in [0.15, 0.2) is 47.5 Å². The fourth-order valence-electron chi connectivity index (χ4n) is 2.12. The molecule has 0 radical (unpaired) electrons. The van der Waals surface area contributed by atoms with Crippen molar-refractivity contribution in [2.75, 3.05) is 6.54 Å². The molecule has 0 unspecified atom stereocenters. The van der Waals surface area contributed by atoms with Crippen molar-refractivity contribution in [2.24, 2.45) is 0 Å². The summed E-state index contributed by atoms with van der Waals surface area (Å²) in [6, 6.07) is 8.75. The van der Waals surface area contributed by atoms with E-state index in [9.17, 15) is 17.6 Å². The number of carboxylic acid groups (broad SMARTS) is 1. The highest BCUT2D eigenvalue weighted by Crippen LogP contribution is 2.24. The number of aliphatic carboxylic acids is 1. The number of carboxylic acids is 1. The van der Waals surface area contributed by atoms with Crippen LogP contribution in [-0.2, 0) is 21.4 Å². The molecular weight excluding hydrogens is 323 g/mol. The molecule has 0 amide bonds. The molecular formula is C15H15FN2O4S. The van der Waals surface area contributed by atoms with Crippen LogP contribution in [0.4, 0.5) is 4.39 Å². The van der Waals surface area contributed by atoms with E-state index in [2.05, 4.69) is 4.98 Å². The number of rotatable bonds is 6. The predicted octanol–water partition coefficient (Wildman–Crippen LogP) is 1.80. The van der Waals surface area contributed by atoms with E-state index in [1.807, 2.05) is 0 Å². The Morgan fingerprint density at radius 1 is 1.26 bits per heavy atom. The van der Waals surface area contributed by atoms with Gasteiger partial charge >= 0.3 is 5.97 Å². The number of hydrogen-bond donors (Lipinski definition) is 1. The molecule has 0 spiro atoms. The van der Waals surface area contributed by atoms with E-state index >= 15 is 0 Å². The lowest BCUT2D eigenvalue weighted by atomic mass is 10.2. The Morgan fingerprint density at radius 3 is 2.57 bits per heavy atom. The van der Waals surface area contributed by atoms with Gasteiger partial charge in [0.2, 0.25) is 10.0 Å². The molecule has 1 aromatic carbocycles. The van der Waals surface area contributed by atoms with Crippen LogP contribution in [0, 0.1) is 12.7 Å². The van der Waals surface area contributed by atoms with Crippen molar-refractivity contribution in [1.29, 1.82) is 0 Å². The van der Waals surface area contributed by atoms with Crippen LogP contribution in [-0.4, -0.2) is 35.3 Å². The van der Waals surface area contributed by atoms with Crippen molar-refractivity contribution in [2.45, 2.75) is 18.4 Å². The van der Waals surface area contributed by atoms with Crippen LogP contribution in [0.1, 0.15) is 11.3 Å². The molecule has 122 valence electrons. The van der Waals surface area contributed by atoms with Crippen LogP contribution in [0.3, 0.4) is 0 Å². The molecule has 0 aliphatic carbocycles. The Balaban J connectivity index is 2.47. The van der Waals surface area contributed by atoms with E-state index in [0.29, 0.717) is 10.00 Å². The second-order valence-electron chi connectivity index (χ2n) is 4.87. The van der Waals surface area contributed by atoms with Gasteiger partial charge in [-0.3, -0.25) is 9.78 Å². The highest BCUT2D eigenvalue weighted by atomic mass is 32.2. The molecule has 0 aliphatic rings. The molecule has 1 aromatic heterocycles. The Kier molecular flexibility index (Phi) is 5.07. The minimum absolute atomic E-state index is 0.210. The van der Waals surface area contributed by atoms with Crippen LogP contribution >= 0.6 is 0 Å². The van der Waals surface area contributed by atoms with E-state index in [4.69, 9.17) is 5.11 Å². The second kappa shape index (κ2) is 6.84. The van der Waals surface area contributed by atoms with Crippen molar-refractivity contribution in [3.05, 3.63) is 59.7 Å². The van der Waals surface area contributed by atoms with Crippen molar-refractivity contribution in [1.82, 2.24) is 9.29 Å². The third kappa shape index (κ3) is 3.91. The zero-order valence-electron chi connectivity index (χ0n) is 12.3. The predicted molar refractivity (Wildman–Crippen MR) is 80.6 cm³/mol. The maximum Gasteiger partial charge on any atom is 0.318 e. The maximum atomic E-state index is 14.0. The summed E-state index contributed by atoms with van der Waals surface area (Å²) >= 11 is 0. The molecule has 0 bridgehead atoms. The maximum absolute atomic E-state index is 14.0. The first-order valence-electron chi connectivity index (χ1n) is 6.69. The van der Waals surface area contributed by atoms with Gasteiger partial charge in [0.1, 0.15) is 17.3 Å². The number of nitrogens with zero attached hydrogens (tertiary/aromatic N) is 2. The molecule has 23 heavy (non-hydrogen) atoms. The van der Waals surface area contributed by atoms with Crippen LogP contribution in [0.2, 0.25) is 0 Å². The van der Waals surface area contributed by atoms with E-state index in [1.165, 1.54) is 25.3 Å². The average Bonchev–Trinajstić information content (AvgIpc) is 2.46. The molecule has 0 saturated carbocycles. The Hall–Kier alpha value is -2.32. The minimum atomic E-state index is -4.32. The summed E-state index contributed by atoms with van der Waals surface area (Å²) in [5.41, 5.74) is 0.577. The average molecular weight is 338 g/mol. The summed E-state index contributed by atoms with van der Waals surface area (Å²) in [6.45, 7) is 0.408. The van der Waals surface area contributed by atoms with E-state index in [-0.39, 0.29) is 12.1 Å². The third-order valence-corrected chi connectivity index (χ3v) is 5.11. The lowest BCUT2D eigenvalue weighted by Crippen LogP contribution is -2.36. The highest BCUT2D eigenvalue weighted by Gasteiger charge is 2.31. The highest BCUT2D eigenvalue weighted by molar-refractivity contribution is 7.89. The van der Waals surface area contributed by atoms with Gasteiger partial charge in [0.25, 0.3) is 0 Å². The van der Waals surface area contributed by atoms with Crippen LogP contribution in [0.5, 0.6) is 0 Å². The van der Waals surface area contributed by atoms with Crippen molar-refractivity contribution >= 4 is 16.0 Å². The lowest BCUT2D eigenvalue weighted by molar-refractivity contribution is -0.137. The number of aromatic nitrogens is 1. The first-order valence-corrected chi connectivity index (χ1v) is 8.13. The number of sulfonamides is 1. The summed E-state index contributed by atoms with van der Waals surface area (Å²) in [7, 11) is -4.32. The number of pyridine rings is 1. The van der Waals surface area contributed by atoms with Crippen LogP contribution < -0.4 is 0 Å². The molecule has 2 aromatic rings. The summed E-state index contributed by atoms with van der Waals surface area (Å²) < 4.78 is 40.1. The van der Waals surface area contributed by atoms with Gasteiger partial charge in [-0.2, -0.15) is 4.31 Å². The van der Waals surface area contributed by atoms with E-state index in [0.717, 1.165) is 6.07 Å². The van der Waals surface area contributed by atoms with Gasteiger partial charge < -0.3 is 5.11 Å². The number of carbonyl (C=O) groups is 1. The van der Waals surface area contributed by atoms with Gasteiger partial charge in [-0.15, -0.1) is 0 Å². The topological polar surface area (TPSA) is 87.6 Å². The van der Waals surface area contributed by atoms with Crippen molar-refractivity contribution < 1.29 is 22.7 Å². The standard InChI is InChI=1S/C15H15FN2O4S/c1-11-5-4-7-13(16)15(11)23(21,22)18(10-14(19)20)9-12-6-2-3-8-17-12/h2-8H,9-10H2,1H3,(H,19,20). The van der Waals surface area contributed by atoms with Gasteiger partial charge in [0.05, 0.1) is 12.2 Å². The van der Waals surface area contributed by atoms with Crippen molar-refractivity contribution in [3.8, 4) is 0 Å². The summed E-state index contributed by atoms with van der Waals surface area (Å²) in [4.78, 5) is 14.5. The Morgan fingerprint density at radius 2 is 2.00 bits per heavy atom. The monoisotopic (exact) mass is 338 g/mol. The molecule has 2 rings (SSSR count). The largest absolute Gasteiger partial charge is 0.480 e. The summed E-state index contributed by atoms with van der Waals surface area (Å²) in [5, 5.41) is 8.99. The van der Waals surface area contributed by atoms with Gasteiger partial charge in [-0.1, -0.05) is 18.2 Å². The van der Waals surface area contributed by atoms with Gasteiger partial charge in [0, 0.05) is 6.20 Å². The molecule has 8 heteroatoms. The van der Waals surface area contributed by atoms with Crippen molar-refractivity contribution in [3.63, 3.8) is 0 Å². The zero-order chi connectivity index (χ0) is 17.0. The number of aryl methyl sites for hydroxylation is 1. The SMILES string of the molecule is Cc1cccc(F)c1S(=O)(=O)N(CC(=O)O)Cc1ccccn1. The second-order valence-corrected chi connectivity index (χ2v) is 6.75. The first-order chi connectivity index (χ1) is 10.8. The molecule has 0 fully saturated rings. The normalized spacial score (nSPS) is 11.6. The number of halogens is 1. The summed E-state index contributed by atoms with van der Waals surface area (Å²) in [5.74, 6) is -2.25. The zero-order valence-corrected chi connectivity index (χ0v) is 13.1. The quantitative estimate of drug-likeness (QED) is 0.868. The molecule has 0 saturated heterocycles. The van der Waals surface area contributed by atoms with Gasteiger partial charge in [-0.05, 0) is 30.7 Å². The van der Waals surface area contributed by atoms with Gasteiger partial charge in [0.15, 0.2) is 0 Å².